The van der Waals surface area contributed by atoms with Crippen LogP contribution in [0, 0.1) is 11.8 Å². The highest BCUT2D eigenvalue weighted by molar-refractivity contribution is 5.80. The Morgan fingerprint density at radius 3 is 2.59 bits per heavy atom. The molecule has 1 saturated carbocycles. The molecule has 0 saturated heterocycles. The second kappa shape index (κ2) is 5.85. The maximum atomic E-state index is 12.3. The number of nitrogens with one attached hydrogen (secondary N) is 1. The summed E-state index contributed by atoms with van der Waals surface area (Å²) in [5.41, 5.74) is 5.99. The minimum Gasteiger partial charge on any atom is -0.351 e. The van der Waals surface area contributed by atoms with Crippen LogP contribution < -0.4 is 11.1 Å². The van der Waals surface area contributed by atoms with Gasteiger partial charge in [0, 0.05) is 11.6 Å². The van der Waals surface area contributed by atoms with Crippen LogP contribution in [0.3, 0.4) is 0 Å². The van der Waals surface area contributed by atoms with E-state index >= 15 is 0 Å². The second-order valence-electron chi connectivity index (χ2n) is 6.22. The number of carbonyl (C=O) groups excluding carboxylic acids is 1. The molecule has 1 rings (SSSR count). The Balaban J connectivity index is 2.62. The summed E-state index contributed by atoms with van der Waals surface area (Å²) in [7, 11) is 0. The van der Waals surface area contributed by atoms with E-state index in [1.54, 1.807) is 0 Å². The van der Waals surface area contributed by atoms with Gasteiger partial charge in [0.05, 0.1) is 5.92 Å². The van der Waals surface area contributed by atoms with Gasteiger partial charge in [0.2, 0.25) is 5.91 Å². The Labute approximate surface area is 106 Å². The first-order valence-electron chi connectivity index (χ1n) is 6.95. The van der Waals surface area contributed by atoms with E-state index in [0.717, 1.165) is 32.1 Å². The van der Waals surface area contributed by atoms with E-state index in [-0.39, 0.29) is 23.4 Å². The van der Waals surface area contributed by atoms with Crippen LogP contribution in [0.4, 0.5) is 0 Å². The minimum absolute atomic E-state index is 0.000110. The van der Waals surface area contributed by atoms with Crippen LogP contribution in [0.1, 0.15) is 59.8 Å². The molecule has 0 aromatic heterocycles. The van der Waals surface area contributed by atoms with Crippen molar-refractivity contribution in [3.05, 3.63) is 0 Å². The molecule has 0 aromatic carbocycles. The van der Waals surface area contributed by atoms with Gasteiger partial charge in [0.15, 0.2) is 0 Å². The largest absolute Gasteiger partial charge is 0.351 e. The monoisotopic (exact) mass is 240 g/mol. The van der Waals surface area contributed by atoms with Crippen LogP contribution in [0.25, 0.3) is 0 Å². The lowest BCUT2D eigenvalue weighted by Gasteiger charge is -2.36. The number of nitrogens with two attached hydrogens (primary N) is 1. The van der Waals surface area contributed by atoms with E-state index in [1.807, 2.05) is 0 Å². The Hall–Kier alpha value is -0.570. The zero-order chi connectivity index (χ0) is 13.1. The van der Waals surface area contributed by atoms with E-state index in [1.165, 1.54) is 0 Å². The first-order chi connectivity index (χ1) is 7.87. The van der Waals surface area contributed by atoms with Crippen molar-refractivity contribution in [1.82, 2.24) is 5.32 Å². The van der Waals surface area contributed by atoms with Gasteiger partial charge in [-0.25, -0.2) is 0 Å². The predicted molar refractivity (Wildman–Crippen MR) is 71.6 cm³/mol. The normalized spacial score (nSPS) is 30.1. The van der Waals surface area contributed by atoms with Crippen molar-refractivity contribution >= 4 is 5.91 Å². The van der Waals surface area contributed by atoms with Gasteiger partial charge in [-0.05, 0) is 39.0 Å². The van der Waals surface area contributed by atoms with Crippen molar-refractivity contribution in [2.24, 2.45) is 17.6 Å². The highest BCUT2D eigenvalue weighted by Gasteiger charge is 2.35. The molecule has 3 heteroatoms. The SMILES string of the molecule is CCCC(C)(C)NC(=O)C1C(C)CCCC1N. The quantitative estimate of drug-likeness (QED) is 0.793. The third-order valence-electron chi connectivity index (χ3n) is 3.91. The van der Waals surface area contributed by atoms with E-state index in [0.29, 0.717) is 5.92 Å². The summed E-state index contributed by atoms with van der Waals surface area (Å²) in [4.78, 5) is 12.3. The zero-order valence-electron chi connectivity index (χ0n) is 11.8. The van der Waals surface area contributed by atoms with Gasteiger partial charge >= 0.3 is 0 Å². The summed E-state index contributed by atoms with van der Waals surface area (Å²) < 4.78 is 0. The standard InChI is InChI=1S/C14H28N2O/c1-5-9-14(3,4)16-13(17)12-10(2)7-6-8-11(12)15/h10-12H,5-9,15H2,1-4H3,(H,16,17). The van der Waals surface area contributed by atoms with E-state index in [4.69, 9.17) is 5.73 Å². The Bertz CT molecular complexity index is 253. The molecule has 3 atom stereocenters. The number of hydrogen-bond acceptors (Lipinski definition) is 2. The maximum absolute atomic E-state index is 12.3. The van der Waals surface area contributed by atoms with Crippen LogP contribution in [0.15, 0.2) is 0 Å². The summed E-state index contributed by atoms with van der Waals surface area (Å²) in [5.74, 6) is 0.569. The highest BCUT2D eigenvalue weighted by Crippen LogP contribution is 2.29. The molecule has 100 valence electrons. The maximum Gasteiger partial charge on any atom is 0.225 e. The molecule has 3 N–H and O–H groups in total. The van der Waals surface area contributed by atoms with Crippen molar-refractivity contribution in [2.45, 2.75) is 71.4 Å². The fourth-order valence-corrected chi connectivity index (χ4v) is 3.01. The molecular formula is C14H28N2O. The van der Waals surface area contributed by atoms with Crippen molar-refractivity contribution in [3.8, 4) is 0 Å². The van der Waals surface area contributed by atoms with E-state index < -0.39 is 0 Å². The van der Waals surface area contributed by atoms with Gasteiger partial charge in [-0.3, -0.25) is 4.79 Å². The van der Waals surface area contributed by atoms with E-state index in [9.17, 15) is 4.79 Å². The van der Waals surface area contributed by atoms with Gasteiger partial charge < -0.3 is 11.1 Å². The molecule has 1 amide bonds. The molecule has 0 heterocycles. The summed E-state index contributed by atoms with van der Waals surface area (Å²) in [6.07, 6.45) is 5.36. The molecule has 0 aromatic rings. The van der Waals surface area contributed by atoms with Gasteiger partial charge in [-0.1, -0.05) is 26.7 Å². The van der Waals surface area contributed by atoms with Crippen LogP contribution in [0.2, 0.25) is 0 Å². The van der Waals surface area contributed by atoms with Crippen LogP contribution in [0.5, 0.6) is 0 Å². The molecule has 0 spiro atoms. The zero-order valence-corrected chi connectivity index (χ0v) is 11.8. The van der Waals surface area contributed by atoms with Crippen LogP contribution in [-0.4, -0.2) is 17.5 Å². The topological polar surface area (TPSA) is 55.1 Å². The first kappa shape index (κ1) is 14.5. The average Bonchev–Trinajstić information content (AvgIpc) is 2.15. The number of hydrogen-bond donors (Lipinski definition) is 2. The highest BCUT2D eigenvalue weighted by atomic mass is 16.2. The summed E-state index contributed by atoms with van der Waals surface area (Å²) in [5, 5.41) is 3.17. The summed E-state index contributed by atoms with van der Waals surface area (Å²) in [6.45, 7) is 8.47. The predicted octanol–water partition coefficient (Wildman–Crippen LogP) is 2.44. The third kappa shape index (κ3) is 3.98. The molecule has 0 radical (unpaired) electrons. The number of rotatable bonds is 4. The minimum atomic E-state index is -0.108. The number of amides is 1. The van der Waals surface area contributed by atoms with Crippen LogP contribution >= 0.6 is 0 Å². The Morgan fingerprint density at radius 2 is 2.06 bits per heavy atom. The smallest absolute Gasteiger partial charge is 0.225 e. The van der Waals surface area contributed by atoms with Crippen molar-refractivity contribution in [2.75, 3.05) is 0 Å². The summed E-state index contributed by atoms with van der Waals surface area (Å²) >= 11 is 0. The van der Waals surface area contributed by atoms with Crippen molar-refractivity contribution in [3.63, 3.8) is 0 Å². The fraction of sp³-hybridized carbons (Fsp3) is 0.929. The Morgan fingerprint density at radius 1 is 1.41 bits per heavy atom. The van der Waals surface area contributed by atoms with Crippen molar-refractivity contribution in [1.29, 1.82) is 0 Å². The van der Waals surface area contributed by atoms with Gasteiger partial charge in [0.25, 0.3) is 0 Å². The lowest BCUT2D eigenvalue weighted by molar-refractivity contribution is -0.129. The second-order valence-corrected chi connectivity index (χ2v) is 6.22. The van der Waals surface area contributed by atoms with Gasteiger partial charge in [-0.15, -0.1) is 0 Å². The summed E-state index contributed by atoms with van der Waals surface area (Å²) in [6, 6.07) is 0.0381. The molecule has 1 aliphatic rings. The molecule has 1 fully saturated rings. The lowest BCUT2D eigenvalue weighted by Crippen LogP contribution is -2.53. The molecule has 0 aliphatic heterocycles. The number of carbonyl (C=O) groups is 1. The molecule has 3 unspecified atom stereocenters. The van der Waals surface area contributed by atoms with Gasteiger partial charge in [0.1, 0.15) is 0 Å². The van der Waals surface area contributed by atoms with Gasteiger partial charge in [-0.2, -0.15) is 0 Å². The molecule has 3 nitrogen and oxygen atoms in total. The first-order valence-corrected chi connectivity index (χ1v) is 6.95. The van der Waals surface area contributed by atoms with Crippen LogP contribution in [-0.2, 0) is 4.79 Å². The fourth-order valence-electron chi connectivity index (χ4n) is 3.01. The lowest BCUT2D eigenvalue weighted by atomic mass is 9.76. The molecule has 1 aliphatic carbocycles. The van der Waals surface area contributed by atoms with E-state index in [2.05, 4.69) is 33.0 Å². The third-order valence-corrected chi connectivity index (χ3v) is 3.91. The Kier molecular flexibility index (Phi) is 4.99. The molecule has 17 heavy (non-hydrogen) atoms. The molecule has 0 bridgehead atoms. The molecular weight excluding hydrogens is 212 g/mol. The average molecular weight is 240 g/mol. The van der Waals surface area contributed by atoms with Crippen molar-refractivity contribution < 1.29 is 4.79 Å².